The summed E-state index contributed by atoms with van der Waals surface area (Å²) in [6, 6.07) is 16.6. The Labute approximate surface area is 116 Å². The van der Waals surface area contributed by atoms with E-state index in [1.807, 2.05) is 30.3 Å². The number of nitrogens with one attached hydrogen (secondary N) is 1. The Hall–Kier alpha value is -1.32. The van der Waals surface area contributed by atoms with Gasteiger partial charge in [0, 0.05) is 16.7 Å². The maximum atomic E-state index is 5.88. The first-order chi connectivity index (χ1) is 8.70. The van der Waals surface area contributed by atoms with Crippen LogP contribution < -0.4 is 11.1 Å². The van der Waals surface area contributed by atoms with E-state index in [0.29, 0.717) is 6.54 Å². The second-order valence-corrected chi connectivity index (χ2v) is 5.18. The highest BCUT2D eigenvalue weighted by Crippen LogP contribution is 2.26. The fourth-order valence-electron chi connectivity index (χ4n) is 1.91. The number of rotatable bonds is 4. The number of nitrogens with two attached hydrogens (primary N) is 1. The highest BCUT2D eigenvalue weighted by atomic mass is 79.9. The summed E-state index contributed by atoms with van der Waals surface area (Å²) < 4.78 is 1.10. The Kier molecular flexibility index (Phi) is 4.39. The van der Waals surface area contributed by atoms with Gasteiger partial charge in [0.15, 0.2) is 0 Å². The van der Waals surface area contributed by atoms with Gasteiger partial charge in [0.1, 0.15) is 0 Å². The molecule has 0 aliphatic heterocycles. The van der Waals surface area contributed by atoms with Crippen molar-refractivity contribution in [2.24, 2.45) is 5.73 Å². The van der Waals surface area contributed by atoms with Crippen molar-refractivity contribution in [1.29, 1.82) is 0 Å². The largest absolute Gasteiger partial charge is 0.377 e. The minimum atomic E-state index is 0.113. The summed E-state index contributed by atoms with van der Waals surface area (Å²) in [6.45, 7) is 2.63. The molecule has 18 heavy (non-hydrogen) atoms. The van der Waals surface area contributed by atoms with E-state index in [1.165, 1.54) is 11.1 Å². The van der Waals surface area contributed by atoms with Gasteiger partial charge in [-0.2, -0.15) is 0 Å². The number of hydrogen-bond donors (Lipinski definition) is 2. The van der Waals surface area contributed by atoms with E-state index in [2.05, 4.69) is 46.4 Å². The van der Waals surface area contributed by atoms with E-state index in [1.54, 1.807) is 0 Å². The number of anilines is 1. The highest BCUT2D eigenvalue weighted by Gasteiger charge is 2.12. The van der Waals surface area contributed by atoms with Gasteiger partial charge in [0.05, 0.1) is 6.04 Å². The van der Waals surface area contributed by atoms with Crippen LogP contribution in [0.25, 0.3) is 0 Å². The molecule has 2 nitrogen and oxygen atoms in total. The lowest BCUT2D eigenvalue weighted by molar-refractivity contribution is 0.785. The van der Waals surface area contributed by atoms with E-state index in [-0.39, 0.29) is 6.04 Å². The number of halogens is 1. The van der Waals surface area contributed by atoms with E-state index in [9.17, 15) is 0 Å². The summed E-state index contributed by atoms with van der Waals surface area (Å²) in [4.78, 5) is 0. The molecule has 0 bridgehead atoms. The summed E-state index contributed by atoms with van der Waals surface area (Å²) >= 11 is 3.61. The fourth-order valence-corrected chi connectivity index (χ4v) is 2.68. The van der Waals surface area contributed by atoms with Gasteiger partial charge in [-0.1, -0.05) is 46.3 Å². The summed E-state index contributed by atoms with van der Waals surface area (Å²) in [5.41, 5.74) is 9.38. The quantitative estimate of drug-likeness (QED) is 0.900. The molecule has 1 atom stereocenters. The van der Waals surface area contributed by atoms with Crippen molar-refractivity contribution < 1.29 is 0 Å². The fraction of sp³-hybridized carbons (Fsp3) is 0.200. The molecule has 0 amide bonds. The molecule has 2 aromatic carbocycles. The molecule has 2 aromatic rings. The Morgan fingerprint density at radius 3 is 2.50 bits per heavy atom. The smallest absolute Gasteiger partial charge is 0.0647 e. The van der Waals surface area contributed by atoms with Crippen LogP contribution in [-0.4, -0.2) is 6.54 Å². The van der Waals surface area contributed by atoms with Gasteiger partial charge in [-0.25, -0.2) is 0 Å². The molecule has 0 saturated heterocycles. The lowest BCUT2D eigenvalue weighted by Crippen LogP contribution is -2.21. The average Bonchev–Trinajstić information content (AvgIpc) is 2.38. The highest BCUT2D eigenvalue weighted by molar-refractivity contribution is 9.10. The van der Waals surface area contributed by atoms with Crippen LogP contribution in [0.1, 0.15) is 17.2 Å². The molecule has 0 fully saturated rings. The first-order valence-corrected chi connectivity index (χ1v) is 6.77. The average molecular weight is 305 g/mol. The number of para-hydroxylation sites is 1. The molecule has 3 N–H and O–H groups in total. The van der Waals surface area contributed by atoms with Crippen molar-refractivity contribution in [3.05, 3.63) is 64.1 Å². The molecule has 0 aliphatic carbocycles. The lowest BCUT2D eigenvalue weighted by atomic mass is 10.0. The molecule has 0 saturated carbocycles. The summed E-state index contributed by atoms with van der Waals surface area (Å²) in [7, 11) is 0. The van der Waals surface area contributed by atoms with E-state index in [4.69, 9.17) is 5.73 Å². The summed E-state index contributed by atoms with van der Waals surface area (Å²) in [5, 5.41) is 3.45. The second-order valence-electron chi connectivity index (χ2n) is 4.32. The zero-order valence-corrected chi connectivity index (χ0v) is 11.9. The minimum absolute atomic E-state index is 0.113. The minimum Gasteiger partial charge on any atom is -0.377 e. The van der Waals surface area contributed by atoms with Crippen molar-refractivity contribution in [2.45, 2.75) is 13.0 Å². The molecular formula is C15H17BrN2. The molecule has 2 rings (SSSR count). The third kappa shape index (κ3) is 3.12. The zero-order valence-electron chi connectivity index (χ0n) is 10.4. The van der Waals surface area contributed by atoms with Crippen molar-refractivity contribution in [3.63, 3.8) is 0 Å². The molecule has 0 heterocycles. The van der Waals surface area contributed by atoms with Gasteiger partial charge in [-0.15, -0.1) is 0 Å². The van der Waals surface area contributed by atoms with Crippen molar-refractivity contribution >= 4 is 21.6 Å². The molecule has 94 valence electrons. The Balaban J connectivity index is 2.23. The van der Waals surface area contributed by atoms with Gasteiger partial charge in [0.25, 0.3) is 0 Å². The van der Waals surface area contributed by atoms with Crippen molar-refractivity contribution in [2.75, 3.05) is 11.9 Å². The first kappa shape index (κ1) is 13.1. The monoisotopic (exact) mass is 304 g/mol. The third-order valence-electron chi connectivity index (χ3n) is 2.88. The molecular weight excluding hydrogens is 288 g/mol. The normalized spacial score (nSPS) is 12.2. The second kappa shape index (κ2) is 6.03. The number of aryl methyl sites for hydroxylation is 1. The van der Waals surface area contributed by atoms with Crippen molar-refractivity contribution in [1.82, 2.24) is 0 Å². The maximum absolute atomic E-state index is 5.88. The van der Waals surface area contributed by atoms with Crippen LogP contribution in [0.2, 0.25) is 0 Å². The summed E-state index contributed by atoms with van der Waals surface area (Å²) in [6.07, 6.45) is 0. The topological polar surface area (TPSA) is 38.0 Å². The Morgan fingerprint density at radius 1 is 1.17 bits per heavy atom. The van der Waals surface area contributed by atoms with E-state index < -0.39 is 0 Å². The molecule has 0 spiro atoms. The Bertz CT molecular complexity index is 511. The predicted octanol–water partition coefficient (Wildman–Crippen LogP) is 3.87. The van der Waals surface area contributed by atoms with Crippen LogP contribution in [0.5, 0.6) is 0 Å². The standard InChI is InChI=1S/C15H17BrN2/c1-11-7-8-13(14(16)9-11)15(10-17)18-12-5-3-2-4-6-12/h2-9,15,18H,10,17H2,1H3. The molecule has 1 unspecified atom stereocenters. The van der Waals surface area contributed by atoms with Crippen LogP contribution >= 0.6 is 15.9 Å². The molecule has 0 aromatic heterocycles. The number of hydrogen-bond acceptors (Lipinski definition) is 2. The van der Waals surface area contributed by atoms with Crippen LogP contribution in [0.3, 0.4) is 0 Å². The summed E-state index contributed by atoms with van der Waals surface area (Å²) in [5.74, 6) is 0. The lowest BCUT2D eigenvalue weighted by Gasteiger charge is -2.20. The number of benzene rings is 2. The van der Waals surface area contributed by atoms with Gasteiger partial charge in [0.2, 0.25) is 0 Å². The predicted molar refractivity (Wildman–Crippen MR) is 80.7 cm³/mol. The third-order valence-corrected chi connectivity index (χ3v) is 3.57. The van der Waals surface area contributed by atoms with Crippen LogP contribution in [-0.2, 0) is 0 Å². The maximum Gasteiger partial charge on any atom is 0.0647 e. The van der Waals surface area contributed by atoms with Crippen LogP contribution in [0, 0.1) is 6.92 Å². The van der Waals surface area contributed by atoms with Gasteiger partial charge in [-0.3, -0.25) is 0 Å². The van der Waals surface area contributed by atoms with Crippen LogP contribution in [0.15, 0.2) is 53.0 Å². The van der Waals surface area contributed by atoms with Crippen LogP contribution in [0.4, 0.5) is 5.69 Å². The Morgan fingerprint density at radius 2 is 1.89 bits per heavy atom. The van der Waals surface area contributed by atoms with Crippen molar-refractivity contribution in [3.8, 4) is 0 Å². The van der Waals surface area contributed by atoms with Gasteiger partial charge in [-0.05, 0) is 36.2 Å². The van der Waals surface area contributed by atoms with E-state index in [0.717, 1.165) is 10.2 Å². The molecule has 0 aliphatic rings. The van der Waals surface area contributed by atoms with Gasteiger partial charge < -0.3 is 11.1 Å². The zero-order chi connectivity index (χ0) is 13.0. The molecule has 3 heteroatoms. The molecule has 0 radical (unpaired) electrons. The first-order valence-electron chi connectivity index (χ1n) is 5.98. The van der Waals surface area contributed by atoms with E-state index >= 15 is 0 Å². The SMILES string of the molecule is Cc1ccc(C(CN)Nc2ccccc2)c(Br)c1. The van der Waals surface area contributed by atoms with Gasteiger partial charge >= 0.3 is 0 Å².